The maximum Gasteiger partial charge on any atom is 0.226 e. The number of hydrogen-bond donors (Lipinski definition) is 0. The van der Waals surface area contributed by atoms with Crippen molar-refractivity contribution >= 4 is 33.9 Å². The van der Waals surface area contributed by atoms with Crippen molar-refractivity contribution in [2.75, 3.05) is 55.0 Å². The van der Waals surface area contributed by atoms with Gasteiger partial charge in [0.05, 0.1) is 0 Å². The van der Waals surface area contributed by atoms with Crippen molar-refractivity contribution in [2.24, 2.45) is 0 Å². The van der Waals surface area contributed by atoms with Gasteiger partial charge in [-0.25, -0.2) is 4.98 Å². The molecule has 0 N–H and O–H groups in total. The zero-order valence-corrected chi connectivity index (χ0v) is 14.9. The molecule has 0 atom stereocenters. The number of fused-ring (bicyclic) bond motifs is 1. The van der Waals surface area contributed by atoms with Gasteiger partial charge in [-0.1, -0.05) is 0 Å². The van der Waals surface area contributed by atoms with Gasteiger partial charge in [0.2, 0.25) is 5.95 Å². The number of hydrogen-bond acceptors (Lipinski definition) is 8. The summed E-state index contributed by atoms with van der Waals surface area (Å²) in [5.74, 6) is 2.43. The number of thiazole rings is 1. The minimum absolute atomic E-state index is 0.613. The van der Waals surface area contributed by atoms with Crippen molar-refractivity contribution in [3.8, 4) is 6.07 Å². The first kappa shape index (κ1) is 15.7. The fourth-order valence-electron chi connectivity index (χ4n) is 2.98. The fourth-order valence-corrected chi connectivity index (χ4v) is 3.69. The summed E-state index contributed by atoms with van der Waals surface area (Å²) in [6.07, 6.45) is 3.69. The van der Waals surface area contributed by atoms with E-state index >= 15 is 0 Å². The van der Waals surface area contributed by atoms with Crippen molar-refractivity contribution in [3.63, 3.8) is 0 Å². The zero-order chi connectivity index (χ0) is 17.4. The van der Waals surface area contributed by atoms with Gasteiger partial charge >= 0.3 is 0 Å². The molecule has 0 spiro atoms. The number of aromatic nitrogens is 4. The molecule has 1 aliphatic rings. The Hall–Kier alpha value is -2.86. The number of nitriles is 1. The lowest BCUT2D eigenvalue weighted by Gasteiger charge is -2.35. The van der Waals surface area contributed by atoms with Gasteiger partial charge in [0.1, 0.15) is 11.9 Å². The first-order chi connectivity index (χ1) is 12.2. The molecular formula is C16H18N8S. The van der Waals surface area contributed by atoms with Crippen molar-refractivity contribution in [1.29, 1.82) is 5.26 Å². The molecule has 0 bridgehead atoms. The summed E-state index contributed by atoms with van der Waals surface area (Å²) in [5.41, 5.74) is 0.613. The highest BCUT2D eigenvalue weighted by Gasteiger charge is 2.24. The van der Waals surface area contributed by atoms with Crippen LogP contribution in [0.25, 0.3) is 4.96 Å². The maximum absolute atomic E-state index is 9.50. The maximum atomic E-state index is 9.50. The van der Waals surface area contributed by atoms with E-state index in [1.165, 1.54) is 0 Å². The second-order valence-corrected chi connectivity index (χ2v) is 6.91. The lowest BCUT2D eigenvalue weighted by atomic mass is 10.3. The minimum atomic E-state index is 0.613. The zero-order valence-electron chi connectivity index (χ0n) is 14.1. The van der Waals surface area contributed by atoms with Crippen LogP contribution in [0.1, 0.15) is 5.69 Å². The van der Waals surface area contributed by atoms with E-state index in [-0.39, 0.29) is 0 Å². The van der Waals surface area contributed by atoms with Crippen LogP contribution in [0.2, 0.25) is 0 Å². The number of anilines is 3. The average Bonchev–Trinajstić information content (AvgIpc) is 3.22. The monoisotopic (exact) mass is 354 g/mol. The number of piperazine rings is 1. The van der Waals surface area contributed by atoms with Crippen LogP contribution in [0, 0.1) is 11.3 Å². The van der Waals surface area contributed by atoms with E-state index in [0.717, 1.165) is 42.8 Å². The van der Waals surface area contributed by atoms with Crippen LogP contribution >= 0.6 is 11.3 Å². The molecule has 1 aliphatic heterocycles. The van der Waals surface area contributed by atoms with E-state index in [2.05, 4.69) is 30.8 Å². The van der Waals surface area contributed by atoms with Gasteiger partial charge in [0.25, 0.3) is 0 Å². The number of rotatable bonds is 3. The topological polar surface area (TPSA) is 76.6 Å². The standard InChI is InChI=1S/C16H18N8S/c1-21(2)15-18-4-3-13(19-15)22-5-7-23(8-6-22)14-12(11-17)24-9-10-25-16(24)20-14/h3-4,9-10H,5-8H2,1-2H3. The van der Waals surface area contributed by atoms with Gasteiger partial charge in [0.15, 0.2) is 16.5 Å². The molecule has 0 saturated carbocycles. The first-order valence-corrected chi connectivity index (χ1v) is 8.91. The van der Waals surface area contributed by atoms with Crippen molar-refractivity contribution in [2.45, 2.75) is 0 Å². The molecule has 0 unspecified atom stereocenters. The molecule has 25 heavy (non-hydrogen) atoms. The molecule has 9 heteroatoms. The lowest BCUT2D eigenvalue weighted by Crippen LogP contribution is -2.47. The van der Waals surface area contributed by atoms with Crippen LogP contribution in [0.15, 0.2) is 23.8 Å². The summed E-state index contributed by atoms with van der Waals surface area (Å²) in [6, 6.07) is 4.23. The molecule has 3 aromatic heterocycles. The van der Waals surface area contributed by atoms with E-state index in [0.29, 0.717) is 11.6 Å². The van der Waals surface area contributed by atoms with Crippen molar-refractivity contribution in [1.82, 2.24) is 19.4 Å². The van der Waals surface area contributed by atoms with Gasteiger partial charge < -0.3 is 14.7 Å². The second kappa shape index (κ2) is 6.22. The minimum Gasteiger partial charge on any atom is -0.353 e. The van der Waals surface area contributed by atoms with Crippen LogP contribution in [-0.2, 0) is 0 Å². The van der Waals surface area contributed by atoms with E-state index < -0.39 is 0 Å². The largest absolute Gasteiger partial charge is 0.353 e. The molecule has 1 saturated heterocycles. The Morgan fingerprint density at radius 2 is 1.92 bits per heavy atom. The summed E-state index contributed by atoms with van der Waals surface area (Å²) in [6.45, 7) is 3.28. The molecule has 0 amide bonds. The van der Waals surface area contributed by atoms with E-state index in [1.807, 2.05) is 41.0 Å². The number of imidazole rings is 1. The van der Waals surface area contributed by atoms with Gasteiger partial charge in [-0.05, 0) is 6.07 Å². The Balaban J connectivity index is 1.52. The SMILES string of the molecule is CN(C)c1nccc(N2CCN(c3nc4sccn4c3C#N)CC2)n1. The summed E-state index contributed by atoms with van der Waals surface area (Å²) in [4.78, 5) is 20.7. The molecule has 8 nitrogen and oxygen atoms in total. The smallest absolute Gasteiger partial charge is 0.226 e. The van der Waals surface area contributed by atoms with Crippen LogP contribution in [0.5, 0.6) is 0 Å². The van der Waals surface area contributed by atoms with Gasteiger partial charge in [0, 0.05) is 58.0 Å². The molecule has 1 fully saturated rings. The Bertz CT molecular complexity index is 929. The Morgan fingerprint density at radius 1 is 1.16 bits per heavy atom. The predicted octanol–water partition coefficient (Wildman–Crippen LogP) is 1.45. The molecular weight excluding hydrogens is 336 g/mol. The molecule has 128 valence electrons. The Labute approximate surface area is 149 Å². The van der Waals surface area contributed by atoms with Crippen LogP contribution < -0.4 is 14.7 Å². The third-order valence-corrected chi connectivity index (χ3v) is 5.04. The Kier molecular flexibility index (Phi) is 3.89. The molecule has 0 aromatic carbocycles. The normalized spacial score (nSPS) is 14.8. The molecule has 4 rings (SSSR count). The van der Waals surface area contributed by atoms with Crippen LogP contribution in [0.3, 0.4) is 0 Å². The van der Waals surface area contributed by atoms with Crippen LogP contribution in [-0.4, -0.2) is 59.6 Å². The molecule has 4 heterocycles. The fraction of sp³-hybridized carbons (Fsp3) is 0.375. The summed E-state index contributed by atoms with van der Waals surface area (Å²) >= 11 is 1.55. The molecule has 0 radical (unpaired) electrons. The number of nitrogens with zero attached hydrogens (tertiary/aromatic N) is 8. The summed E-state index contributed by atoms with van der Waals surface area (Å²) in [7, 11) is 3.87. The molecule has 3 aromatic rings. The van der Waals surface area contributed by atoms with Crippen molar-refractivity contribution < 1.29 is 0 Å². The highest BCUT2D eigenvalue weighted by molar-refractivity contribution is 7.15. The average molecular weight is 354 g/mol. The highest BCUT2D eigenvalue weighted by atomic mass is 32.1. The van der Waals surface area contributed by atoms with Crippen LogP contribution in [0.4, 0.5) is 17.6 Å². The lowest BCUT2D eigenvalue weighted by molar-refractivity contribution is 0.641. The molecule has 0 aliphatic carbocycles. The summed E-state index contributed by atoms with van der Waals surface area (Å²) < 4.78 is 1.86. The van der Waals surface area contributed by atoms with E-state index in [9.17, 15) is 5.26 Å². The predicted molar refractivity (Wildman–Crippen MR) is 98.6 cm³/mol. The summed E-state index contributed by atoms with van der Waals surface area (Å²) in [5, 5.41) is 11.4. The third kappa shape index (κ3) is 2.74. The van der Waals surface area contributed by atoms with Gasteiger partial charge in [-0.3, -0.25) is 4.40 Å². The van der Waals surface area contributed by atoms with Crippen molar-refractivity contribution in [3.05, 3.63) is 29.5 Å². The van der Waals surface area contributed by atoms with Gasteiger partial charge in [-0.15, -0.1) is 11.3 Å². The Morgan fingerprint density at radius 3 is 2.64 bits per heavy atom. The second-order valence-electron chi connectivity index (χ2n) is 6.03. The first-order valence-electron chi connectivity index (χ1n) is 8.03. The van der Waals surface area contributed by atoms with E-state index in [1.54, 1.807) is 17.5 Å². The van der Waals surface area contributed by atoms with E-state index in [4.69, 9.17) is 0 Å². The van der Waals surface area contributed by atoms with Gasteiger partial charge in [-0.2, -0.15) is 15.2 Å². The quantitative estimate of drug-likeness (QED) is 0.704. The highest BCUT2D eigenvalue weighted by Crippen LogP contribution is 2.26. The third-order valence-electron chi connectivity index (χ3n) is 4.28.